The molecule has 1 rings (SSSR count). The average molecular weight is 283 g/mol. The van der Waals surface area contributed by atoms with Crippen molar-refractivity contribution in [3.8, 4) is 0 Å². The van der Waals surface area contributed by atoms with E-state index < -0.39 is 30.8 Å². The fourth-order valence-corrected chi connectivity index (χ4v) is 1.70. The smallest absolute Gasteiger partial charge is 0.401 e. The minimum atomic E-state index is -4.25. The number of hydrogen-bond donors (Lipinski definition) is 2. The molecule has 0 spiro atoms. The van der Waals surface area contributed by atoms with Gasteiger partial charge in [0.1, 0.15) is 6.04 Å². The van der Waals surface area contributed by atoms with Gasteiger partial charge in [-0.1, -0.05) is 0 Å². The molecular weight excluding hydrogens is 267 g/mol. The summed E-state index contributed by atoms with van der Waals surface area (Å²) < 4.78 is 36.5. The van der Waals surface area contributed by atoms with E-state index in [2.05, 4.69) is 5.32 Å². The first-order chi connectivity index (χ1) is 8.69. The van der Waals surface area contributed by atoms with Gasteiger partial charge in [-0.25, -0.2) is 4.79 Å². The van der Waals surface area contributed by atoms with E-state index >= 15 is 0 Å². The Labute approximate surface area is 108 Å². The molecule has 1 aliphatic heterocycles. The minimum Gasteiger partial charge on any atom is -0.480 e. The van der Waals surface area contributed by atoms with Crippen LogP contribution in [-0.4, -0.2) is 71.8 Å². The second-order valence-electron chi connectivity index (χ2n) is 4.39. The quantitative estimate of drug-likeness (QED) is 0.784. The summed E-state index contributed by atoms with van der Waals surface area (Å²) in [7, 11) is 0. The summed E-state index contributed by atoms with van der Waals surface area (Å²) in [6.07, 6.45) is -4.25. The van der Waals surface area contributed by atoms with Crippen molar-refractivity contribution in [2.75, 3.05) is 32.7 Å². The van der Waals surface area contributed by atoms with Gasteiger partial charge in [-0.2, -0.15) is 13.2 Å². The largest absolute Gasteiger partial charge is 0.480 e. The Morgan fingerprint density at radius 2 is 1.79 bits per heavy atom. The number of carboxylic acids is 1. The van der Waals surface area contributed by atoms with Crippen LogP contribution in [0, 0.1) is 0 Å². The summed E-state index contributed by atoms with van der Waals surface area (Å²) in [5, 5.41) is 10.9. The number of amides is 2. The maximum Gasteiger partial charge on any atom is 0.401 e. The van der Waals surface area contributed by atoms with Gasteiger partial charge in [-0.3, -0.25) is 9.69 Å². The standard InChI is InChI=1S/C10H16F3N3O3/c1-7(8(17)18)14-9(19)16-4-2-15(3-5-16)6-10(11,12)13/h7H,2-6H2,1H3,(H,14,19)(H,17,18)/t7-/m1/s1. The summed E-state index contributed by atoms with van der Waals surface area (Å²) in [5.74, 6) is -1.16. The van der Waals surface area contributed by atoms with Gasteiger partial charge in [0.25, 0.3) is 0 Å². The number of carboxylic acid groups (broad SMARTS) is 1. The van der Waals surface area contributed by atoms with Crippen molar-refractivity contribution in [2.24, 2.45) is 0 Å². The third-order valence-electron chi connectivity index (χ3n) is 2.77. The third-order valence-corrected chi connectivity index (χ3v) is 2.77. The fourth-order valence-electron chi connectivity index (χ4n) is 1.70. The van der Waals surface area contributed by atoms with Gasteiger partial charge >= 0.3 is 18.2 Å². The molecule has 1 fully saturated rings. The summed E-state index contributed by atoms with van der Waals surface area (Å²) in [6.45, 7) is 0.861. The highest BCUT2D eigenvalue weighted by molar-refractivity contribution is 5.82. The highest BCUT2D eigenvalue weighted by Crippen LogP contribution is 2.17. The summed E-state index contributed by atoms with van der Waals surface area (Å²) >= 11 is 0. The highest BCUT2D eigenvalue weighted by Gasteiger charge is 2.33. The lowest BCUT2D eigenvalue weighted by Crippen LogP contribution is -2.55. The van der Waals surface area contributed by atoms with Crippen molar-refractivity contribution in [1.29, 1.82) is 0 Å². The second-order valence-corrected chi connectivity index (χ2v) is 4.39. The van der Waals surface area contributed by atoms with Gasteiger partial charge in [0, 0.05) is 26.2 Å². The predicted molar refractivity (Wildman–Crippen MR) is 59.7 cm³/mol. The van der Waals surface area contributed by atoms with Crippen LogP contribution in [-0.2, 0) is 4.79 Å². The summed E-state index contributed by atoms with van der Waals surface area (Å²) in [4.78, 5) is 24.7. The molecule has 0 unspecified atom stereocenters. The summed E-state index contributed by atoms with van der Waals surface area (Å²) in [5.41, 5.74) is 0. The molecule has 0 aliphatic carbocycles. The van der Waals surface area contributed by atoms with Crippen LogP contribution in [0.25, 0.3) is 0 Å². The Morgan fingerprint density at radius 1 is 1.26 bits per heavy atom. The van der Waals surface area contributed by atoms with Gasteiger partial charge < -0.3 is 15.3 Å². The second kappa shape index (κ2) is 6.09. The molecule has 1 saturated heterocycles. The van der Waals surface area contributed by atoms with Gasteiger partial charge in [-0.05, 0) is 6.92 Å². The zero-order valence-corrected chi connectivity index (χ0v) is 10.4. The van der Waals surface area contributed by atoms with E-state index in [1.54, 1.807) is 0 Å². The van der Waals surface area contributed by atoms with Crippen LogP contribution in [0.2, 0.25) is 0 Å². The van der Waals surface area contributed by atoms with Crippen LogP contribution in [0.5, 0.6) is 0 Å². The number of piperazine rings is 1. The molecule has 1 heterocycles. The van der Waals surface area contributed by atoms with E-state index in [-0.39, 0.29) is 26.2 Å². The maximum atomic E-state index is 12.2. The van der Waals surface area contributed by atoms with Gasteiger partial charge in [0.2, 0.25) is 0 Å². The molecule has 2 N–H and O–H groups in total. The Hall–Kier alpha value is -1.51. The highest BCUT2D eigenvalue weighted by atomic mass is 19.4. The number of rotatable bonds is 3. The van der Waals surface area contributed by atoms with Crippen LogP contribution in [0.1, 0.15) is 6.92 Å². The molecule has 0 radical (unpaired) electrons. The van der Waals surface area contributed by atoms with Crippen molar-refractivity contribution in [1.82, 2.24) is 15.1 Å². The van der Waals surface area contributed by atoms with E-state index in [9.17, 15) is 22.8 Å². The maximum absolute atomic E-state index is 12.2. The third kappa shape index (κ3) is 5.33. The molecular formula is C10H16F3N3O3. The number of alkyl halides is 3. The number of nitrogens with zero attached hydrogens (tertiary/aromatic N) is 2. The first-order valence-corrected chi connectivity index (χ1v) is 5.76. The van der Waals surface area contributed by atoms with Gasteiger partial charge in [0.05, 0.1) is 6.54 Å². The van der Waals surface area contributed by atoms with E-state index in [1.165, 1.54) is 16.7 Å². The van der Waals surface area contributed by atoms with Crippen molar-refractivity contribution >= 4 is 12.0 Å². The van der Waals surface area contributed by atoms with E-state index in [4.69, 9.17) is 5.11 Å². The van der Waals surface area contributed by atoms with Crippen molar-refractivity contribution in [3.63, 3.8) is 0 Å². The first-order valence-electron chi connectivity index (χ1n) is 5.76. The zero-order chi connectivity index (χ0) is 14.6. The Bertz CT molecular complexity index is 341. The Morgan fingerprint density at radius 3 is 2.21 bits per heavy atom. The van der Waals surface area contributed by atoms with Crippen molar-refractivity contribution in [3.05, 3.63) is 0 Å². The minimum absolute atomic E-state index is 0.119. The van der Waals surface area contributed by atoms with Crippen LogP contribution in [0.3, 0.4) is 0 Å². The fraction of sp³-hybridized carbons (Fsp3) is 0.800. The topological polar surface area (TPSA) is 72.9 Å². The van der Waals surface area contributed by atoms with E-state index in [0.717, 1.165) is 0 Å². The Balaban J connectivity index is 2.37. The lowest BCUT2D eigenvalue weighted by atomic mass is 10.3. The number of aliphatic carboxylic acids is 1. The molecule has 2 amide bonds. The normalized spacial score (nSPS) is 19.1. The molecule has 9 heteroatoms. The molecule has 0 saturated carbocycles. The van der Waals surface area contributed by atoms with Crippen molar-refractivity contribution in [2.45, 2.75) is 19.1 Å². The van der Waals surface area contributed by atoms with Crippen molar-refractivity contribution < 1.29 is 27.9 Å². The molecule has 0 aromatic rings. The van der Waals surface area contributed by atoms with Gasteiger partial charge in [-0.15, -0.1) is 0 Å². The number of carbonyl (C=O) groups is 2. The molecule has 0 aromatic carbocycles. The lowest BCUT2D eigenvalue weighted by Gasteiger charge is -2.35. The Kier molecular flexibility index (Phi) is 4.98. The monoisotopic (exact) mass is 283 g/mol. The van der Waals surface area contributed by atoms with Crippen LogP contribution < -0.4 is 5.32 Å². The predicted octanol–water partition coefficient (Wildman–Crippen LogP) is 0.349. The van der Waals surface area contributed by atoms with Crippen LogP contribution >= 0.6 is 0 Å². The summed E-state index contributed by atoms with van der Waals surface area (Å²) in [6, 6.07) is -1.60. The van der Waals surface area contributed by atoms with Gasteiger partial charge in [0.15, 0.2) is 0 Å². The van der Waals surface area contributed by atoms with E-state index in [1.807, 2.05) is 0 Å². The van der Waals surface area contributed by atoms with Crippen LogP contribution in [0.15, 0.2) is 0 Å². The molecule has 0 aromatic heterocycles. The van der Waals surface area contributed by atoms with Crippen LogP contribution in [0.4, 0.5) is 18.0 Å². The molecule has 19 heavy (non-hydrogen) atoms. The zero-order valence-electron chi connectivity index (χ0n) is 10.4. The number of nitrogens with one attached hydrogen (secondary N) is 1. The number of hydrogen-bond acceptors (Lipinski definition) is 3. The van der Waals surface area contributed by atoms with E-state index in [0.29, 0.717) is 0 Å². The number of carbonyl (C=O) groups excluding carboxylic acids is 1. The SMILES string of the molecule is C[C@@H](NC(=O)N1CCN(CC(F)(F)F)CC1)C(=O)O. The molecule has 1 aliphatic rings. The molecule has 6 nitrogen and oxygen atoms in total. The first kappa shape index (κ1) is 15.5. The molecule has 110 valence electrons. The lowest BCUT2D eigenvalue weighted by molar-refractivity contribution is -0.148. The molecule has 0 bridgehead atoms. The average Bonchev–Trinajstić information content (AvgIpc) is 2.27. The molecule has 1 atom stereocenters. The number of urea groups is 1. The number of halogens is 3.